The Hall–Kier alpha value is -1.11. The number of thiophene rings is 1. The van der Waals surface area contributed by atoms with Crippen LogP contribution in [-0.2, 0) is 13.0 Å². The van der Waals surface area contributed by atoms with Crippen molar-refractivity contribution in [3.63, 3.8) is 0 Å². The van der Waals surface area contributed by atoms with Crippen LogP contribution in [0, 0.1) is 0 Å². The number of guanidine groups is 1. The molecule has 2 aromatic heterocycles. The lowest BCUT2D eigenvalue weighted by molar-refractivity contribution is 0.797. The molecule has 2 heterocycles. The normalized spacial score (nSPS) is 11.5. The molecule has 0 aliphatic rings. The predicted octanol–water partition coefficient (Wildman–Crippen LogP) is 3.47. The molecule has 0 unspecified atom stereocenters. The van der Waals surface area contributed by atoms with Crippen LogP contribution in [-0.4, -0.2) is 24.5 Å². The summed E-state index contributed by atoms with van der Waals surface area (Å²) in [6.45, 7) is 1.55. The SMILES string of the molecule is CN=C(NCCc1ccc(Cl)nc1)NCc1ccc(Br)s1. The zero-order valence-corrected chi connectivity index (χ0v) is 14.7. The summed E-state index contributed by atoms with van der Waals surface area (Å²) >= 11 is 10.9. The van der Waals surface area contributed by atoms with Crippen LogP contribution >= 0.6 is 38.9 Å². The first-order valence-electron chi connectivity index (χ1n) is 6.46. The average Bonchev–Trinajstić information content (AvgIpc) is 2.90. The first-order valence-corrected chi connectivity index (χ1v) is 8.45. The Balaban J connectivity index is 1.74. The van der Waals surface area contributed by atoms with Gasteiger partial charge in [-0.15, -0.1) is 11.3 Å². The van der Waals surface area contributed by atoms with Crippen LogP contribution in [0.15, 0.2) is 39.2 Å². The van der Waals surface area contributed by atoms with Crippen LogP contribution in [0.25, 0.3) is 0 Å². The summed E-state index contributed by atoms with van der Waals surface area (Å²) in [6.07, 6.45) is 2.67. The van der Waals surface area contributed by atoms with Crippen molar-refractivity contribution >= 4 is 44.8 Å². The number of rotatable bonds is 5. The lowest BCUT2D eigenvalue weighted by atomic mass is 10.2. The van der Waals surface area contributed by atoms with E-state index in [0.717, 1.165) is 34.8 Å². The Bertz CT molecular complexity index is 597. The molecule has 0 saturated heterocycles. The molecule has 7 heteroatoms. The molecule has 21 heavy (non-hydrogen) atoms. The van der Waals surface area contributed by atoms with E-state index in [0.29, 0.717) is 5.15 Å². The van der Waals surface area contributed by atoms with Crippen molar-refractivity contribution in [2.75, 3.05) is 13.6 Å². The molecule has 2 aromatic rings. The van der Waals surface area contributed by atoms with Crippen molar-refractivity contribution in [1.82, 2.24) is 15.6 Å². The fourth-order valence-electron chi connectivity index (χ4n) is 1.72. The van der Waals surface area contributed by atoms with Crippen molar-refractivity contribution < 1.29 is 0 Å². The molecule has 4 nitrogen and oxygen atoms in total. The van der Waals surface area contributed by atoms with Gasteiger partial charge in [-0.3, -0.25) is 4.99 Å². The lowest BCUT2D eigenvalue weighted by Crippen LogP contribution is -2.37. The van der Waals surface area contributed by atoms with Gasteiger partial charge in [-0.25, -0.2) is 4.98 Å². The van der Waals surface area contributed by atoms with E-state index in [2.05, 4.69) is 42.6 Å². The van der Waals surface area contributed by atoms with Gasteiger partial charge in [0.05, 0.1) is 10.3 Å². The van der Waals surface area contributed by atoms with Crippen LogP contribution < -0.4 is 10.6 Å². The predicted molar refractivity (Wildman–Crippen MR) is 93.2 cm³/mol. The maximum Gasteiger partial charge on any atom is 0.191 e. The van der Waals surface area contributed by atoms with Crippen LogP contribution in [0.2, 0.25) is 5.15 Å². The molecule has 0 aromatic carbocycles. The van der Waals surface area contributed by atoms with Crippen LogP contribution in [0.3, 0.4) is 0 Å². The molecule has 0 aliphatic heterocycles. The van der Waals surface area contributed by atoms with Gasteiger partial charge in [0, 0.05) is 24.7 Å². The van der Waals surface area contributed by atoms with Gasteiger partial charge in [-0.2, -0.15) is 0 Å². The highest BCUT2D eigenvalue weighted by atomic mass is 79.9. The van der Waals surface area contributed by atoms with Crippen molar-refractivity contribution in [2.24, 2.45) is 4.99 Å². The molecule has 0 amide bonds. The van der Waals surface area contributed by atoms with E-state index in [4.69, 9.17) is 11.6 Å². The third-order valence-electron chi connectivity index (χ3n) is 2.78. The zero-order valence-electron chi connectivity index (χ0n) is 11.6. The number of pyridine rings is 1. The van der Waals surface area contributed by atoms with Crippen molar-refractivity contribution in [2.45, 2.75) is 13.0 Å². The number of nitrogens with zero attached hydrogens (tertiary/aromatic N) is 2. The molecule has 112 valence electrons. The molecule has 0 atom stereocenters. The molecule has 0 bridgehead atoms. The van der Waals surface area contributed by atoms with Gasteiger partial charge < -0.3 is 10.6 Å². The van der Waals surface area contributed by atoms with E-state index < -0.39 is 0 Å². The number of hydrogen-bond acceptors (Lipinski definition) is 3. The second kappa shape index (κ2) is 8.36. The van der Waals surface area contributed by atoms with Crippen molar-refractivity contribution in [3.8, 4) is 0 Å². The van der Waals surface area contributed by atoms with Gasteiger partial charge >= 0.3 is 0 Å². The summed E-state index contributed by atoms with van der Waals surface area (Å²) in [7, 11) is 1.77. The Labute approximate surface area is 141 Å². The van der Waals surface area contributed by atoms with E-state index in [9.17, 15) is 0 Å². The highest BCUT2D eigenvalue weighted by molar-refractivity contribution is 9.11. The van der Waals surface area contributed by atoms with Gasteiger partial charge in [0.25, 0.3) is 0 Å². The van der Waals surface area contributed by atoms with Gasteiger partial charge in [0.15, 0.2) is 5.96 Å². The van der Waals surface area contributed by atoms with Gasteiger partial charge in [-0.1, -0.05) is 17.7 Å². The summed E-state index contributed by atoms with van der Waals surface area (Å²) in [6, 6.07) is 7.93. The van der Waals surface area contributed by atoms with Gasteiger partial charge in [0.2, 0.25) is 0 Å². The minimum Gasteiger partial charge on any atom is -0.356 e. The van der Waals surface area contributed by atoms with Crippen LogP contribution in [0.4, 0.5) is 0 Å². The summed E-state index contributed by atoms with van der Waals surface area (Å²) in [5.74, 6) is 0.793. The van der Waals surface area contributed by atoms with Crippen LogP contribution in [0.5, 0.6) is 0 Å². The van der Waals surface area contributed by atoms with E-state index in [1.807, 2.05) is 12.1 Å². The fraction of sp³-hybridized carbons (Fsp3) is 0.286. The largest absolute Gasteiger partial charge is 0.356 e. The standard InChI is InChI=1S/C14H16BrClN4S/c1-17-14(20-9-11-3-4-12(15)21-11)18-7-6-10-2-5-13(16)19-8-10/h2-5,8H,6-7,9H2,1H3,(H2,17,18,20). The molecule has 2 N–H and O–H groups in total. The highest BCUT2D eigenvalue weighted by Gasteiger charge is 2.01. The zero-order chi connectivity index (χ0) is 15.1. The monoisotopic (exact) mass is 386 g/mol. The van der Waals surface area contributed by atoms with E-state index in [1.165, 1.54) is 4.88 Å². The lowest BCUT2D eigenvalue weighted by Gasteiger charge is -2.11. The first-order chi connectivity index (χ1) is 10.2. The third-order valence-corrected chi connectivity index (χ3v) is 4.62. The summed E-state index contributed by atoms with van der Waals surface area (Å²) in [5.41, 5.74) is 1.14. The average molecular weight is 388 g/mol. The molecular weight excluding hydrogens is 372 g/mol. The molecule has 0 fully saturated rings. The van der Waals surface area contributed by atoms with Crippen LogP contribution in [0.1, 0.15) is 10.4 Å². The smallest absolute Gasteiger partial charge is 0.191 e. The minimum absolute atomic E-state index is 0.520. The highest BCUT2D eigenvalue weighted by Crippen LogP contribution is 2.21. The summed E-state index contributed by atoms with van der Waals surface area (Å²) in [5, 5.41) is 7.09. The second-order valence-corrected chi connectivity index (χ2v) is 7.23. The molecule has 0 spiro atoms. The summed E-state index contributed by atoms with van der Waals surface area (Å²) in [4.78, 5) is 9.53. The first kappa shape index (κ1) is 16.3. The Morgan fingerprint density at radius 1 is 1.33 bits per heavy atom. The second-order valence-electron chi connectivity index (χ2n) is 4.30. The number of hydrogen-bond donors (Lipinski definition) is 2. The molecular formula is C14H16BrClN4S. The number of halogens is 2. The van der Waals surface area contributed by atoms with Crippen molar-refractivity contribution in [3.05, 3.63) is 49.8 Å². The van der Waals surface area contributed by atoms with E-state index in [-0.39, 0.29) is 0 Å². The molecule has 0 aliphatic carbocycles. The number of nitrogens with one attached hydrogen (secondary N) is 2. The maximum atomic E-state index is 5.76. The Kier molecular flexibility index (Phi) is 6.48. The Morgan fingerprint density at radius 2 is 2.19 bits per heavy atom. The van der Waals surface area contributed by atoms with Crippen molar-refractivity contribution in [1.29, 1.82) is 0 Å². The quantitative estimate of drug-likeness (QED) is 0.469. The summed E-state index contributed by atoms with van der Waals surface area (Å²) < 4.78 is 1.14. The molecule has 0 saturated carbocycles. The maximum absolute atomic E-state index is 5.76. The van der Waals surface area contributed by atoms with E-state index >= 15 is 0 Å². The van der Waals surface area contributed by atoms with E-state index in [1.54, 1.807) is 30.6 Å². The molecule has 0 radical (unpaired) electrons. The van der Waals surface area contributed by atoms with Gasteiger partial charge in [0.1, 0.15) is 5.15 Å². The van der Waals surface area contributed by atoms with Gasteiger partial charge in [-0.05, 0) is 46.1 Å². The topological polar surface area (TPSA) is 49.3 Å². The third kappa shape index (κ3) is 5.65. The minimum atomic E-state index is 0.520. The fourth-order valence-corrected chi connectivity index (χ4v) is 3.25. The number of aliphatic imine (C=N–C) groups is 1. The Morgan fingerprint density at radius 3 is 2.81 bits per heavy atom. The number of aromatic nitrogens is 1. The molecule has 2 rings (SSSR count).